The lowest BCUT2D eigenvalue weighted by Gasteiger charge is -2.18. The maximum atomic E-state index is 11.7. The van der Waals surface area contributed by atoms with Gasteiger partial charge in [-0.15, -0.1) is 5.10 Å². The van der Waals surface area contributed by atoms with Crippen LogP contribution in [0.2, 0.25) is 0 Å². The van der Waals surface area contributed by atoms with E-state index in [-0.39, 0.29) is 11.9 Å². The molecule has 0 aromatic carbocycles. The highest BCUT2D eigenvalue weighted by atomic mass is 32.1. The molecule has 0 radical (unpaired) electrons. The predicted octanol–water partition coefficient (Wildman–Crippen LogP) is 1.28. The van der Waals surface area contributed by atoms with E-state index in [2.05, 4.69) is 10.2 Å². The molecule has 0 amide bonds. The molecule has 1 atom stereocenters. The number of nitrogens with one attached hydrogen (secondary N) is 1. The molecule has 7 heteroatoms. The largest absolute Gasteiger partial charge is 0.467 e. The Morgan fingerprint density at radius 3 is 2.69 bits per heavy atom. The van der Waals surface area contributed by atoms with E-state index < -0.39 is 6.04 Å². The van der Waals surface area contributed by atoms with E-state index in [0.717, 1.165) is 0 Å². The van der Waals surface area contributed by atoms with Gasteiger partial charge in [0.25, 0.3) is 0 Å². The molecule has 1 aromatic heterocycles. The number of aromatic nitrogens is 3. The lowest BCUT2D eigenvalue weighted by molar-refractivity contribution is -0.145. The zero-order chi connectivity index (χ0) is 12.3. The molecular formula is C9H16N4O2S. The van der Waals surface area contributed by atoms with Crippen molar-refractivity contribution in [3.63, 3.8) is 0 Å². The van der Waals surface area contributed by atoms with E-state index in [1.54, 1.807) is 0 Å². The molecule has 1 unspecified atom stereocenters. The fraction of sp³-hybridized carbons (Fsp3) is 0.667. The minimum atomic E-state index is -0.517. The van der Waals surface area contributed by atoms with Crippen LogP contribution in [-0.2, 0) is 9.53 Å². The summed E-state index contributed by atoms with van der Waals surface area (Å²) in [4.78, 5) is 11.7. The van der Waals surface area contributed by atoms with Crippen molar-refractivity contribution in [1.82, 2.24) is 14.8 Å². The first-order chi connectivity index (χ1) is 7.47. The zero-order valence-electron chi connectivity index (χ0n) is 9.56. The van der Waals surface area contributed by atoms with Crippen molar-refractivity contribution in [2.75, 3.05) is 12.8 Å². The Labute approximate surface area is 98.8 Å². The highest BCUT2D eigenvalue weighted by Crippen LogP contribution is 2.21. The van der Waals surface area contributed by atoms with Crippen molar-refractivity contribution in [3.8, 4) is 0 Å². The lowest BCUT2D eigenvalue weighted by Crippen LogP contribution is -2.24. The summed E-state index contributed by atoms with van der Waals surface area (Å²) >= 11 is 5.03. The number of aromatic amines is 1. The van der Waals surface area contributed by atoms with Gasteiger partial charge in [-0.1, -0.05) is 13.8 Å². The van der Waals surface area contributed by atoms with Crippen molar-refractivity contribution in [3.05, 3.63) is 4.77 Å². The number of ether oxygens (including phenoxy) is 1. The number of esters is 1. The van der Waals surface area contributed by atoms with Gasteiger partial charge >= 0.3 is 5.97 Å². The van der Waals surface area contributed by atoms with E-state index in [9.17, 15) is 4.79 Å². The maximum absolute atomic E-state index is 11.7. The number of carbonyl (C=O) groups is 1. The molecular weight excluding hydrogens is 228 g/mol. The Morgan fingerprint density at radius 1 is 1.69 bits per heavy atom. The minimum absolute atomic E-state index is 0.195. The van der Waals surface area contributed by atoms with Gasteiger partial charge in [0, 0.05) is 0 Å². The molecule has 0 aliphatic carbocycles. The molecule has 0 spiro atoms. The van der Waals surface area contributed by atoms with Crippen LogP contribution < -0.4 is 5.73 Å². The first-order valence-electron chi connectivity index (χ1n) is 4.97. The van der Waals surface area contributed by atoms with Crippen LogP contribution in [0.15, 0.2) is 0 Å². The number of hydrogen-bond donors (Lipinski definition) is 2. The summed E-state index contributed by atoms with van der Waals surface area (Å²) in [5.41, 5.74) is 5.66. The molecule has 90 valence electrons. The SMILES string of the molecule is COC(=O)C(CC(C)C)n1c(N)n[nH]c1=S. The molecule has 6 nitrogen and oxygen atoms in total. The molecule has 3 N–H and O–H groups in total. The van der Waals surface area contributed by atoms with E-state index >= 15 is 0 Å². The third-order valence-corrected chi connectivity index (χ3v) is 2.50. The second-order valence-corrected chi connectivity index (χ2v) is 4.31. The van der Waals surface area contributed by atoms with Crippen LogP contribution in [0, 0.1) is 10.7 Å². The molecule has 16 heavy (non-hydrogen) atoms. The lowest BCUT2D eigenvalue weighted by atomic mass is 10.0. The summed E-state index contributed by atoms with van der Waals surface area (Å²) in [6.07, 6.45) is 0.602. The Kier molecular flexibility index (Phi) is 4.05. The highest BCUT2D eigenvalue weighted by molar-refractivity contribution is 7.71. The first-order valence-corrected chi connectivity index (χ1v) is 5.38. The monoisotopic (exact) mass is 244 g/mol. The third-order valence-electron chi connectivity index (χ3n) is 2.21. The van der Waals surface area contributed by atoms with Gasteiger partial charge in [-0.3, -0.25) is 4.57 Å². The summed E-state index contributed by atoms with van der Waals surface area (Å²) < 4.78 is 6.56. The maximum Gasteiger partial charge on any atom is 0.329 e. The number of hydrogen-bond acceptors (Lipinski definition) is 5. The third kappa shape index (κ3) is 2.60. The smallest absolute Gasteiger partial charge is 0.329 e. The van der Waals surface area contributed by atoms with Crippen LogP contribution in [0.4, 0.5) is 5.95 Å². The summed E-state index contributed by atoms with van der Waals surface area (Å²) in [7, 11) is 1.34. The van der Waals surface area contributed by atoms with Gasteiger partial charge in [0.1, 0.15) is 6.04 Å². The zero-order valence-corrected chi connectivity index (χ0v) is 10.4. The van der Waals surface area contributed by atoms with Gasteiger partial charge < -0.3 is 10.5 Å². The standard InChI is InChI=1S/C9H16N4O2S/c1-5(2)4-6(7(14)15-3)13-8(10)11-12-9(13)16/h5-6H,4H2,1-3H3,(H2,10,11)(H,12,16). The van der Waals surface area contributed by atoms with Crippen LogP contribution in [-0.4, -0.2) is 27.8 Å². The topological polar surface area (TPSA) is 85.9 Å². The summed E-state index contributed by atoms with van der Waals surface area (Å²) in [5, 5.41) is 6.33. The molecule has 0 aliphatic rings. The molecule has 1 heterocycles. The Bertz CT molecular complexity index is 423. The van der Waals surface area contributed by atoms with Crippen molar-refractivity contribution >= 4 is 24.1 Å². The quantitative estimate of drug-likeness (QED) is 0.615. The van der Waals surface area contributed by atoms with Gasteiger partial charge in [0.2, 0.25) is 5.95 Å². The molecule has 1 rings (SSSR count). The van der Waals surface area contributed by atoms with Crippen molar-refractivity contribution in [1.29, 1.82) is 0 Å². The number of nitrogen functional groups attached to an aromatic ring is 1. The number of H-pyrrole nitrogens is 1. The molecule has 0 fully saturated rings. The fourth-order valence-electron chi connectivity index (χ4n) is 1.51. The summed E-state index contributed by atoms with van der Waals surface area (Å²) in [6.45, 7) is 4.02. The van der Waals surface area contributed by atoms with E-state index in [1.165, 1.54) is 11.7 Å². The summed E-state index contributed by atoms with van der Waals surface area (Å²) in [6, 6.07) is -0.517. The predicted molar refractivity (Wildman–Crippen MR) is 62.3 cm³/mol. The number of anilines is 1. The average Bonchev–Trinajstić information content (AvgIpc) is 2.54. The number of rotatable bonds is 4. The second kappa shape index (κ2) is 5.11. The molecule has 0 aliphatic heterocycles. The number of methoxy groups -OCH3 is 1. The second-order valence-electron chi connectivity index (χ2n) is 3.93. The summed E-state index contributed by atoms with van der Waals surface area (Å²) in [5.74, 6) is 0.152. The van der Waals surface area contributed by atoms with Gasteiger partial charge in [-0.05, 0) is 24.6 Å². The van der Waals surface area contributed by atoms with Crippen LogP contribution in [0.1, 0.15) is 26.3 Å². The van der Waals surface area contributed by atoms with Crippen molar-refractivity contribution in [2.45, 2.75) is 26.3 Å². The van der Waals surface area contributed by atoms with Crippen molar-refractivity contribution in [2.24, 2.45) is 5.92 Å². The van der Waals surface area contributed by atoms with E-state index in [0.29, 0.717) is 17.1 Å². The van der Waals surface area contributed by atoms with E-state index in [1.807, 2.05) is 13.8 Å². The normalized spacial score (nSPS) is 12.8. The number of nitrogens with zero attached hydrogens (tertiary/aromatic N) is 2. The highest BCUT2D eigenvalue weighted by Gasteiger charge is 2.25. The average molecular weight is 244 g/mol. The van der Waals surface area contributed by atoms with Crippen LogP contribution >= 0.6 is 12.2 Å². The Hall–Kier alpha value is -1.37. The van der Waals surface area contributed by atoms with Crippen LogP contribution in [0.25, 0.3) is 0 Å². The first kappa shape index (κ1) is 12.7. The number of nitrogens with two attached hydrogens (primary N) is 1. The van der Waals surface area contributed by atoms with Gasteiger partial charge in [-0.2, -0.15) is 0 Å². The van der Waals surface area contributed by atoms with Gasteiger partial charge in [0.05, 0.1) is 7.11 Å². The van der Waals surface area contributed by atoms with Crippen LogP contribution in [0.5, 0.6) is 0 Å². The minimum Gasteiger partial charge on any atom is -0.467 e. The molecule has 0 bridgehead atoms. The fourth-order valence-corrected chi connectivity index (χ4v) is 1.77. The van der Waals surface area contributed by atoms with E-state index in [4.69, 9.17) is 22.7 Å². The van der Waals surface area contributed by atoms with Gasteiger partial charge in [-0.25, -0.2) is 9.89 Å². The molecule has 0 saturated heterocycles. The molecule has 1 aromatic rings. The number of carbonyl (C=O) groups excluding carboxylic acids is 1. The Morgan fingerprint density at radius 2 is 2.31 bits per heavy atom. The van der Waals surface area contributed by atoms with Crippen molar-refractivity contribution < 1.29 is 9.53 Å². The van der Waals surface area contributed by atoms with Crippen LogP contribution in [0.3, 0.4) is 0 Å². The Balaban J connectivity index is 3.10. The van der Waals surface area contributed by atoms with Gasteiger partial charge in [0.15, 0.2) is 4.77 Å². The molecule has 0 saturated carbocycles.